The smallest absolute Gasteiger partial charge is 0.345 e. The van der Waals surface area contributed by atoms with E-state index in [0.717, 1.165) is 27.5 Å². The van der Waals surface area contributed by atoms with Crippen LogP contribution in [-0.2, 0) is 6.54 Å². The van der Waals surface area contributed by atoms with Crippen molar-refractivity contribution in [3.63, 3.8) is 0 Å². The van der Waals surface area contributed by atoms with E-state index in [4.69, 9.17) is 14.6 Å². The van der Waals surface area contributed by atoms with Crippen LogP contribution in [-0.4, -0.2) is 24.3 Å². The monoisotopic (exact) mass is 333 g/mol. The molecule has 1 aromatic heterocycles. The Bertz CT molecular complexity index is 725. The molecule has 0 fully saturated rings. The largest absolute Gasteiger partial charge is 0.486 e. The van der Waals surface area contributed by atoms with E-state index >= 15 is 0 Å². The van der Waals surface area contributed by atoms with Crippen molar-refractivity contribution in [1.82, 2.24) is 5.32 Å². The van der Waals surface area contributed by atoms with E-state index in [9.17, 15) is 4.79 Å². The van der Waals surface area contributed by atoms with Crippen molar-refractivity contribution < 1.29 is 19.4 Å². The zero-order chi connectivity index (χ0) is 16.4. The second kappa shape index (κ2) is 6.60. The third-order valence-corrected chi connectivity index (χ3v) is 5.09. The van der Waals surface area contributed by atoms with Crippen molar-refractivity contribution in [2.75, 3.05) is 13.2 Å². The number of nitrogens with one attached hydrogen (secondary N) is 1. The fourth-order valence-electron chi connectivity index (χ4n) is 2.49. The molecule has 0 spiro atoms. The number of fused-ring (bicyclic) bond motifs is 1. The minimum atomic E-state index is -0.871. The maximum atomic E-state index is 11.0. The van der Waals surface area contributed by atoms with Gasteiger partial charge in [0.1, 0.15) is 18.1 Å². The highest BCUT2D eigenvalue weighted by molar-refractivity contribution is 7.14. The summed E-state index contributed by atoms with van der Waals surface area (Å²) in [6.07, 6.45) is 0. The number of thiophene rings is 1. The van der Waals surface area contributed by atoms with Crippen LogP contribution < -0.4 is 14.8 Å². The lowest BCUT2D eigenvalue weighted by Gasteiger charge is -2.21. The van der Waals surface area contributed by atoms with Gasteiger partial charge < -0.3 is 19.9 Å². The Balaban J connectivity index is 1.67. The molecule has 6 heteroatoms. The van der Waals surface area contributed by atoms with Gasteiger partial charge in [-0.15, -0.1) is 11.3 Å². The molecule has 0 aliphatic carbocycles. The number of benzene rings is 1. The van der Waals surface area contributed by atoms with Crippen LogP contribution >= 0.6 is 11.3 Å². The predicted molar refractivity (Wildman–Crippen MR) is 88.7 cm³/mol. The van der Waals surface area contributed by atoms with Gasteiger partial charge in [-0.2, -0.15) is 0 Å². The molecule has 5 nitrogen and oxygen atoms in total. The van der Waals surface area contributed by atoms with Crippen LogP contribution in [0.4, 0.5) is 0 Å². The second-order valence-electron chi connectivity index (χ2n) is 5.53. The molecule has 0 amide bonds. The minimum absolute atomic E-state index is 0.126. The molecule has 23 heavy (non-hydrogen) atoms. The maximum Gasteiger partial charge on any atom is 0.345 e. The standard InChI is InChI=1S/C17H19NO4S/c1-10-7-15(17(19)20)23-16(10)9-18-11(2)12-3-4-13-14(8-12)22-6-5-21-13/h3-4,7-8,11,18H,5-6,9H2,1-2H3,(H,19,20). The molecule has 1 unspecified atom stereocenters. The Kier molecular flexibility index (Phi) is 4.54. The van der Waals surface area contributed by atoms with Crippen LogP contribution in [0.1, 0.15) is 38.6 Å². The summed E-state index contributed by atoms with van der Waals surface area (Å²) in [5, 5.41) is 12.5. The zero-order valence-electron chi connectivity index (χ0n) is 13.1. The molecule has 1 aliphatic rings. The number of aryl methyl sites for hydroxylation is 1. The summed E-state index contributed by atoms with van der Waals surface area (Å²) in [7, 11) is 0. The third kappa shape index (κ3) is 3.48. The first-order chi connectivity index (χ1) is 11.0. The van der Waals surface area contributed by atoms with Crippen LogP contribution in [0, 0.1) is 6.92 Å². The third-order valence-electron chi connectivity index (χ3n) is 3.87. The minimum Gasteiger partial charge on any atom is -0.486 e. The van der Waals surface area contributed by atoms with E-state index in [0.29, 0.717) is 24.6 Å². The van der Waals surface area contributed by atoms with Crippen LogP contribution in [0.2, 0.25) is 0 Å². The van der Waals surface area contributed by atoms with E-state index in [1.807, 2.05) is 25.1 Å². The van der Waals surface area contributed by atoms with Crippen molar-refractivity contribution in [2.24, 2.45) is 0 Å². The lowest BCUT2D eigenvalue weighted by molar-refractivity contribution is 0.0702. The molecule has 3 rings (SSSR count). The van der Waals surface area contributed by atoms with Crippen molar-refractivity contribution in [3.05, 3.63) is 45.1 Å². The molecule has 0 saturated carbocycles. The number of carboxylic acid groups (broad SMARTS) is 1. The van der Waals surface area contributed by atoms with Gasteiger partial charge in [-0.1, -0.05) is 6.07 Å². The number of rotatable bonds is 5. The summed E-state index contributed by atoms with van der Waals surface area (Å²) < 4.78 is 11.1. The van der Waals surface area contributed by atoms with Gasteiger partial charge in [0.2, 0.25) is 0 Å². The quantitative estimate of drug-likeness (QED) is 0.878. The fraction of sp³-hybridized carbons (Fsp3) is 0.353. The molecule has 2 aromatic rings. The SMILES string of the molecule is Cc1cc(C(=O)O)sc1CNC(C)c1ccc2c(c1)OCCO2. The normalized spacial score (nSPS) is 14.5. The van der Waals surface area contributed by atoms with Crippen molar-refractivity contribution in [2.45, 2.75) is 26.4 Å². The number of hydrogen-bond donors (Lipinski definition) is 2. The first-order valence-corrected chi connectivity index (χ1v) is 8.32. The molecule has 2 N–H and O–H groups in total. The molecule has 0 saturated heterocycles. The number of aromatic carboxylic acids is 1. The summed E-state index contributed by atoms with van der Waals surface area (Å²) in [5.41, 5.74) is 2.12. The van der Waals surface area contributed by atoms with E-state index in [1.54, 1.807) is 6.07 Å². The predicted octanol–water partition coefficient (Wildman–Crippen LogP) is 3.38. The molecular weight excluding hydrogens is 314 g/mol. The topological polar surface area (TPSA) is 67.8 Å². The number of ether oxygens (including phenoxy) is 2. The first kappa shape index (κ1) is 15.8. The molecule has 0 bridgehead atoms. The van der Waals surface area contributed by atoms with Gasteiger partial charge in [0.25, 0.3) is 0 Å². The first-order valence-electron chi connectivity index (χ1n) is 7.50. The molecule has 2 heterocycles. The van der Waals surface area contributed by atoms with Gasteiger partial charge in [-0.25, -0.2) is 4.79 Å². The summed E-state index contributed by atoms with van der Waals surface area (Å²) in [5.74, 6) is 0.694. The Morgan fingerprint density at radius 3 is 2.74 bits per heavy atom. The highest BCUT2D eigenvalue weighted by atomic mass is 32.1. The number of hydrogen-bond acceptors (Lipinski definition) is 5. The lowest BCUT2D eigenvalue weighted by atomic mass is 10.1. The average molecular weight is 333 g/mol. The average Bonchev–Trinajstić information content (AvgIpc) is 2.93. The van der Waals surface area contributed by atoms with Crippen LogP contribution in [0.3, 0.4) is 0 Å². The molecule has 1 atom stereocenters. The highest BCUT2D eigenvalue weighted by Gasteiger charge is 2.15. The molecule has 0 radical (unpaired) electrons. The second-order valence-corrected chi connectivity index (χ2v) is 6.66. The summed E-state index contributed by atoms with van der Waals surface area (Å²) in [4.78, 5) is 12.5. The Hall–Kier alpha value is -2.05. The molecule has 122 valence electrons. The zero-order valence-corrected chi connectivity index (χ0v) is 13.9. The van der Waals surface area contributed by atoms with E-state index < -0.39 is 5.97 Å². The van der Waals surface area contributed by atoms with Crippen LogP contribution in [0.5, 0.6) is 11.5 Å². The highest BCUT2D eigenvalue weighted by Crippen LogP contribution is 2.32. The van der Waals surface area contributed by atoms with Gasteiger partial charge in [0.15, 0.2) is 11.5 Å². The summed E-state index contributed by atoms with van der Waals surface area (Å²) in [6.45, 7) is 5.81. The maximum absolute atomic E-state index is 11.0. The van der Waals surface area contributed by atoms with Crippen LogP contribution in [0.15, 0.2) is 24.3 Å². The summed E-state index contributed by atoms with van der Waals surface area (Å²) in [6, 6.07) is 7.80. The fourth-order valence-corrected chi connectivity index (χ4v) is 3.46. The van der Waals surface area contributed by atoms with Gasteiger partial charge in [-0.05, 0) is 43.2 Å². The van der Waals surface area contributed by atoms with E-state index in [1.165, 1.54) is 11.3 Å². The Labute approximate surface area is 138 Å². The van der Waals surface area contributed by atoms with E-state index in [-0.39, 0.29) is 6.04 Å². The van der Waals surface area contributed by atoms with E-state index in [2.05, 4.69) is 12.2 Å². The van der Waals surface area contributed by atoms with Crippen molar-refractivity contribution in [1.29, 1.82) is 0 Å². The Morgan fingerprint density at radius 1 is 1.30 bits per heavy atom. The van der Waals surface area contributed by atoms with Gasteiger partial charge >= 0.3 is 5.97 Å². The van der Waals surface area contributed by atoms with Crippen molar-refractivity contribution in [3.8, 4) is 11.5 Å². The van der Waals surface area contributed by atoms with Gasteiger partial charge in [-0.3, -0.25) is 0 Å². The molecular formula is C17H19NO4S. The van der Waals surface area contributed by atoms with Crippen LogP contribution in [0.25, 0.3) is 0 Å². The lowest BCUT2D eigenvalue weighted by Crippen LogP contribution is -2.19. The molecule has 1 aromatic carbocycles. The summed E-state index contributed by atoms with van der Waals surface area (Å²) >= 11 is 1.32. The van der Waals surface area contributed by atoms with Gasteiger partial charge in [0, 0.05) is 17.5 Å². The number of carbonyl (C=O) groups is 1. The molecule has 1 aliphatic heterocycles. The van der Waals surface area contributed by atoms with Crippen molar-refractivity contribution >= 4 is 17.3 Å². The Morgan fingerprint density at radius 2 is 2.04 bits per heavy atom. The number of carboxylic acids is 1. The van der Waals surface area contributed by atoms with Gasteiger partial charge in [0.05, 0.1) is 0 Å².